The van der Waals surface area contributed by atoms with Gasteiger partial charge in [-0.2, -0.15) is 0 Å². The fraction of sp³-hybridized carbons (Fsp3) is 0.619. The summed E-state index contributed by atoms with van der Waals surface area (Å²) in [5.74, 6) is 1.70. The van der Waals surface area contributed by atoms with Crippen LogP contribution in [0.25, 0.3) is 0 Å². The lowest BCUT2D eigenvalue weighted by molar-refractivity contribution is -0.135. The quantitative estimate of drug-likeness (QED) is 0.700. The maximum Gasteiger partial charge on any atom is 0.327 e. The van der Waals surface area contributed by atoms with Crippen molar-refractivity contribution >= 4 is 11.9 Å². The van der Waals surface area contributed by atoms with Crippen molar-refractivity contribution in [2.75, 3.05) is 40.9 Å². The number of hydrogen-bond acceptors (Lipinski definition) is 5. The average Bonchev–Trinajstić information content (AvgIpc) is 2.85. The van der Waals surface area contributed by atoms with Gasteiger partial charge in [-0.15, -0.1) is 0 Å². The Balaban J connectivity index is 1.71. The molecule has 0 aromatic heterocycles. The van der Waals surface area contributed by atoms with Crippen LogP contribution in [0, 0.1) is 5.92 Å². The van der Waals surface area contributed by atoms with Crippen molar-refractivity contribution in [3.8, 4) is 11.5 Å². The molecule has 0 saturated carbocycles. The van der Waals surface area contributed by atoms with Gasteiger partial charge in [0.15, 0.2) is 11.5 Å². The molecule has 1 aromatic rings. The SMILES string of the molecule is COc1ccc(CN2CCC3(CC2)C(=O)N(C)C(=O)N3CC(C)C)cc1OC. The van der Waals surface area contributed by atoms with Crippen LogP contribution in [0.1, 0.15) is 32.3 Å². The van der Waals surface area contributed by atoms with Gasteiger partial charge in [0.2, 0.25) is 0 Å². The number of imide groups is 1. The summed E-state index contributed by atoms with van der Waals surface area (Å²) >= 11 is 0. The second kappa shape index (κ2) is 7.99. The highest BCUT2D eigenvalue weighted by atomic mass is 16.5. The molecule has 0 aliphatic carbocycles. The van der Waals surface area contributed by atoms with Gasteiger partial charge in [0.05, 0.1) is 14.2 Å². The van der Waals surface area contributed by atoms with Gasteiger partial charge >= 0.3 is 6.03 Å². The van der Waals surface area contributed by atoms with E-state index in [1.54, 1.807) is 21.3 Å². The Hall–Kier alpha value is -2.28. The van der Waals surface area contributed by atoms with Crippen LogP contribution in [0.3, 0.4) is 0 Å². The molecule has 0 bridgehead atoms. The Labute approximate surface area is 167 Å². The van der Waals surface area contributed by atoms with Crippen LogP contribution < -0.4 is 9.47 Å². The van der Waals surface area contributed by atoms with E-state index < -0.39 is 5.54 Å². The van der Waals surface area contributed by atoms with Crippen molar-refractivity contribution in [3.05, 3.63) is 23.8 Å². The first-order valence-corrected chi connectivity index (χ1v) is 9.85. The summed E-state index contributed by atoms with van der Waals surface area (Å²) in [4.78, 5) is 31.0. The smallest absolute Gasteiger partial charge is 0.327 e. The molecule has 0 atom stereocenters. The predicted octanol–water partition coefficient (Wildman–Crippen LogP) is 2.59. The Bertz CT molecular complexity index is 741. The Morgan fingerprint density at radius 2 is 1.71 bits per heavy atom. The molecular formula is C21H31N3O4. The van der Waals surface area contributed by atoms with Crippen LogP contribution in [0.15, 0.2) is 18.2 Å². The second-order valence-corrected chi connectivity index (χ2v) is 8.15. The molecule has 2 aliphatic rings. The number of carbonyl (C=O) groups excluding carboxylic acids is 2. The van der Waals surface area contributed by atoms with Gasteiger partial charge in [0.25, 0.3) is 5.91 Å². The van der Waals surface area contributed by atoms with Crippen molar-refractivity contribution in [1.82, 2.24) is 14.7 Å². The van der Waals surface area contributed by atoms with Crippen LogP contribution in [0.2, 0.25) is 0 Å². The molecule has 7 nitrogen and oxygen atoms in total. The standard InChI is InChI=1S/C21H31N3O4/c1-15(2)13-24-20(26)22(3)19(25)21(24)8-10-23(11-9-21)14-16-6-7-17(27-4)18(12-16)28-5/h6-7,12,15H,8-11,13-14H2,1-5H3. The molecule has 2 fully saturated rings. The zero-order chi connectivity index (χ0) is 20.5. The summed E-state index contributed by atoms with van der Waals surface area (Å²) in [6.45, 7) is 7.10. The minimum atomic E-state index is -0.676. The van der Waals surface area contributed by atoms with Crippen molar-refractivity contribution in [3.63, 3.8) is 0 Å². The normalized spacial score (nSPS) is 19.8. The Morgan fingerprint density at radius 1 is 1.07 bits per heavy atom. The fourth-order valence-corrected chi connectivity index (χ4v) is 4.30. The topological polar surface area (TPSA) is 62.3 Å². The first-order valence-electron chi connectivity index (χ1n) is 9.85. The van der Waals surface area contributed by atoms with Crippen LogP contribution in [-0.2, 0) is 11.3 Å². The first kappa shape index (κ1) is 20.5. The number of ether oxygens (including phenoxy) is 2. The molecule has 1 aromatic carbocycles. The number of likely N-dealkylation sites (tertiary alicyclic amines) is 1. The molecule has 154 valence electrons. The molecule has 1 spiro atoms. The molecule has 2 saturated heterocycles. The molecule has 3 amide bonds. The molecule has 7 heteroatoms. The number of benzene rings is 1. The third-order valence-corrected chi connectivity index (χ3v) is 5.82. The predicted molar refractivity (Wildman–Crippen MR) is 106 cm³/mol. The summed E-state index contributed by atoms with van der Waals surface area (Å²) in [5, 5.41) is 0. The zero-order valence-corrected chi connectivity index (χ0v) is 17.5. The molecule has 0 unspecified atom stereocenters. The minimum Gasteiger partial charge on any atom is -0.493 e. The monoisotopic (exact) mass is 389 g/mol. The highest BCUT2D eigenvalue weighted by Crippen LogP contribution is 2.38. The number of amides is 3. The van der Waals surface area contributed by atoms with E-state index in [1.165, 1.54) is 4.90 Å². The van der Waals surface area contributed by atoms with Gasteiger partial charge in [-0.1, -0.05) is 19.9 Å². The Morgan fingerprint density at radius 3 is 2.29 bits per heavy atom. The van der Waals surface area contributed by atoms with Gasteiger partial charge in [-0.3, -0.25) is 14.6 Å². The molecule has 0 radical (unpaired) electrons. The van der Waals surface area contributed by atoms with Crippen LogP contribution in [0.5, 0.6) is 11.5 Å². The summed E-state index contributed by atoms with van der Waals surface area (Å²) in [7, 11) is 4.86. The average molecular weight is 389 g/mol. The third-order valence-electron chi connectivity index (χ3n) is 5.82. The lowest BCUT2D eigenvalue weighted by atomic mass is 9.85. The van der Waals surface area contributed by atoms with E-state index in [2.05, 4.69) is 18.7 Å². The molecule has 2 aliphatic heterocycles. The molecule has 3 rings (SSSR count). The van der Waals surface area contributed by atoms with Crippen molar-refractivity contribution < 1.29 is 19.1 Å². The van der Waals surface area contributed by atoms with E-state index in [0.29, 0.717) is 31.1 Å². The maximum atomic E-state index is 12.9. The number of carbonyl (C=O) groups is 2. The fourth-order valence-electron chi connectivity index (χ4n) is 4.30. The van der Waals surface area contributed by atoms with Gasteiger partial charge in [0, 0.05) is 33.2 Å². The summed E-state index contributed by atoms with van der Waals surface area (Å²) < 4.78 is 10.7. The zero-order valence-electron chi connectivity index (χ0n) is 17.5. The van der Waals surface area contributed by atoms with E-state index in [0.717, 1.165) is 30.9 Å². The third kappa shape index (κ3) is 3.55. The summed E-state index contributed by atoms with van der Waals surface area (Å²) in [6, 6.07) is 5.78. The largest absolute Gasteiger partial charge is 0.493 e. The number of rotatable bonds is 6. The van der Waals surface area contributed by atoms with Gasteiger partial charge in [-0.25, -0.2) is 4.79 Å². The van der Waals surface area contributed by atoms with E-state index in [1.807, 2.05) is 23.1 Å². The maximum absolute atomic E-state index is 12.9. The van der Waals surface area contributed by atoms with E-state index >= 15 is 0 Å². The second-order valence-electron chi connectivity index (χ2n) is 8.15. The number of nitrogens with zero attached hydrogens (tertiary/aromatic N) is 3. The van der Waals surface area contributed by atoms with Gasteiger partial charge < -0.3 is 14.4 Å². The summed E-state index contributed by atoms with van der Waals surface area (Å²) in [6.07, 6.45) is 1.34. The van der Waals surface area contributed by atoms with Gasteiger partial charge in [-0.05, 0) is 36.5 Å². The Kier molecular flexibility index (Phi) is 5.84. The van der Waals surface area contributed by atoms with Crippen molar-refractivity contribution in [2.45, 2.75) is 38.8 Å². The first-order chi connectivity index (χ1) is 13.3. The lowest BCUT2D eigenvalue weighted by Crippen LogP contribution is -2.57. The highest BCUT2D eigenvalue weighted by molar-refractivity contribution is 6.06. The van der Waals surface area contributed by atoms with Crippen molar-refractivity contribution in [1.29, 1.82) is 0 Å². The van der Waals surface area contributed by atoms with Crippen LogP contribution >= 0.6 is 0 Å². The van der Waals surface area contributed by atoms with E-state index in [4.69, 9.17) is 9.47 Å². The van der Waals surface area contributed by atoms with Crippen molar-refractivity contribution in [2.24, 2.45) is 5.92 Å². The molecule has 0 N–H and O–H groups in total. The number of urea groups is 1. The number of hydrogen-bond donors (Lipinski definition) is 0. The highest BCUT2D eigenvalue weighted by Gasteiger charge is 2.56. The van der Waals surface area contributed by atoms with E-state index in [-0.39, 0.29) is 11.9 Å². The number of piperidine rings is 1. The lowest BCUT2D eigenvalue weighted by Gasteiger charge is -2.42. The van der Waals surface area contributed by atoms with Crippen LogP contribution in [0.4, 0.5) is 4.79 Å². The number of likely N-dealkylation sites (N-methyl/N-ethyl adjacent to an activating group) is 1. The number of methoxy groups -OCH3 is 2. The minimum absolute atomic E-state index is 0.0519. The van der Waals surface area contributed by atoms with E-state index in [9.17, 15) is 9.59 Å². The molecule has 28 heavy (non-hydrogen) atoms. The summed E-state index contributed by atoms with van der Waals surface area (Å²) in [5.41, 5.74) is 0.461. The van der Waals surface area contributed by atoms with Crippen LogP contribution in [-0.4, -0.2) is 73.1 Å². The molecule has 2 heterocycles. The van der Waals surface area contributed by atoms with Gasteiger partial charge in [0.1, 0.15) is 5.54 Å². The molecular weight excluding hydrogens is 358 g/mol.